The van der Waals surface area contributed by atoms with Gasteiger partial charge in [-0.25, -0.2) is 4.79 Å². The fourth-order valence-electron chi connectivity index (χ4n) is 2.52. The van der Waals surface area contributed by atoms with Crippen molar-refractivity contribution < 1.29 is 14.3 Å². The number of rotatable bonds is 6. The molecule has 1 saturated heterocycles. The molecule has 1 fully saturated rings. The van der Waals surface area contributed by atoms with Crippen LogP contribution in [0, 0.1) is 0 Å². The van der Waals surface area contributed by atoms with Crippen LogP contribution in [0.25, 0.3) is 0 Å². The molecule has 0 aliphatic carbocycles. The lowest BCUT2D eigenvalue weighted by Gasteiger charge is -2.15. The highest BCUT2D eigenvalue weighted by atomic mass is 16.5. The van der Waals surface area contributed by atoms with Gasteiger partial charge >= 0.3 is 6.03 Å². The van der Waals surface area contributed by atoms with E-state index < -0.39 is 0 Å². The minimum absolute atomic E-state index is 0.0371. The lowest BCUT2D eigenvalue weighted by molar-refractivity contribution is 0.247. The summed E-state index contributed by atoms with van der Waals surface area (Å²) in [5.74, 6) is 1.40. The van der Waals surface area contributed by atoms with Crippen molar-refractivity contribution in [2.45, 2.75) is 19.6 Å². The topological polar surface area (TPSA) is 59.6 Å². The summed E-state index contributed by atoms with van der Waals surface area (Å²) in [6.07, 6.45) is 0. The molecular formula is C18H20N2O3. The molecule has 0 aromatic heterocycles. The summed E-state index contributed by atoms with van der Waals surface area (Å²) in [7, 11) is 0. The SMILES string of the molecule is CCOc1cc([C@@H]2CNC(=O)N2)ccc1OCc1ccccc1. The van der Waals surface area contributed by atoms with Crippen molar-refractivity contribution in [1.82, 2.24) is 10.6 Å². The first-order valence-electron chi connectivity index (χ1n) is 7.74. The number of urea groups is 1. The average molecular weight is 312 g/mol. The van der Waals surface area contributed by atoms with Gasteiger partial charge in [0.1, 0.15) is 6.61 Å². The van der Waals surface area contributed by atoms with Gasteiger partial charge in [0.05, 0.1) is 12.6 Å². The average Bonchev–Trinajstić information content (AvgIpc) is 3.01. The highest BCUT2D eigenvalue weighted by Gasteiger charge is 2.22. The predicted molar refractivity (Wildman–Crippen MR) is 87.7 cm³/mol. The zero-order valence-electron chi connectivity index (χ0n) is 13.0. The maximum atomic E-state index is 11.3. The van der Waals surface area contributed by atoms with Crippen LogP contribution >= 0.6 is 0 Å². The van der Waals surface area contributed by atoms with Crippen molar-refractivity contribution in [3.05, 3.63) is 59.7 Å². The maximum absolute atomic E-state index is 11.3. The molecule has 0 radical (unpaired) electrons. The number of hydrogen-bond acceptors (Lipinski definition) is 3. The fourth-order valence-corrected chi connectivity index (χ4v) is 2.52. The van der Waals surface area contributed by atoms with Crippen LogP contribution in [0.3, 0.4) is 0 Å². The Balaban J connectivity index is 1.75. The quantitative estimate of drug-likeness (QED) is 0.862. The molecule has 5 nitrogen and oxygen atoms in total. The van der Waals surface area contributed by atoms with E-state index in [2.05, 4.69) is 10.6 Å². The highest BCUT2D eigenvalue weighted by Crippen LogP contribution is 2.31. The van der Waals surface area contributed by atoms with E-state index in [9.17, 15) is 4.79 Å². The monoisotopic (exact) mass is 312 g/mol. The Kier molecular flexibility index (Phi) is 4.66. The van der Waals surface area contributed by atoms with Gasteiger partial charge in [-0.05, 0) is 30.2 Å². The van der Waals surface area contributed by atoms with Crippen molar-refractivity contribution in [2.75, 3.05) is 13.2 Å². The van der Waals surface area contributed by atoms with Crippen LogP contribution in [0.5, 0.6) is 11.5 Å². The highest BCUT2D eigenvalue weighted by molar-refractivity contribution is 5.77. The number of nitrogens with one attached hydrogen (secondary N) is 2. The summed E-state index contributed by atoms with van der Waals surface area (Å²) in [5.41, 5.74) is 2.10. The molecule has 120 valence electrons. The first-order chi connectivity index (χ1) is 11.3. The minimum Gasteiger partial charge on any atom is -0.490 e. The third-order valence-corrected chi connectivity index (χ3v) is 3.68. The second kappa shape index (κ2) is 7.05. The van der Waals surface area contributed by atoms with Crippen LogP contribution < -0.4 is 20.1 Å². The molecule has 0 unspecified atom stereocenters. The fraction of sp³-hybridized carbons (Fsp3) is 0.278. The summed E-state index contributed by atoms with van der Waals surface area (Å²) in [5, 5.41) is 5.63. The van der Waals surface area contributed by atoms with Crippen molar-refractivity contribution >= 4 is 6.03 Å². The van der Waals surface area contributed by atoms with E-state index in [0.29, 0.717) is 31.3 Å². The zero-order valence-corrected chi connectivity index (χ0v) is 13.0. The molecule has 1 aliphatic heterocycles. The number of benzene rings is 2. The Morgan fingerprint density at radius 3 is 2.61 bits per heavy atom. The summed E-state index contributed by atoms with van der Waals surface area (Å²) in [6.45, 7) is 3.56. The molecule has 1 heterocycles. The summed E-state index contributed by atoms with van der Waals surface area (Å²) >= 11 is 0. The minimum atomic E-state index is -0.141. The van der Waals surface area contributed by atoms with E-state index in [0.717, 1.165) is 11.1 Å². The molecule has 0 bridgehead atoms. The molecule has 1 aliphatic rings. The molecule has 0 saturated carbocycles. The van der Waals surface area contributed by atoms with E-state index in [4.69, 9.17) is 9.47 Å². The van der Waals surface area contributed by atoms with Crippen LogP contribution in [0.1, 0.15) is 24.1 Å². The molecule has 3 rings (SSSR count). The smallest absolute Gasteiger partial charge is 0.315 e. The predicted octanol–water partition coefficient (Wildman–Crippen LogP) is 3.02. The summed E-state index contributed by atoms with van der Waals surface area (Å²) in [4.78, 5) is 11.3. The van der Waals surface area contributed by atoms with Gasteiger partial charge in [0.15, 0.2) is 11.5 Å². The first kappa shape index (κ1) is 15.2. The van der Waals surface area contributed by atoms with E-state index in [1.54, 1.807) is 0 Å². The molecule has 2 N–H and O–H groups in total. The van der Waals surface area contributed by atoms with Gasteiger partial charge < -0.3 is 20.1 Å². The Bertz CT molecular complexity index is 673. The van der Waals surface area contributed by atoms with E-state index in [-0.39, 0.29) is 12.1 Å². The lowest BCUT2D eigenvalue weighted by Crippen LogP contribution is -2.21. The van der Waals surface area contributed by atoms with Crippen LogP contribution in [-0.2, 0) is 6.61 Å². The molecule has 0 spiro atoms. The van der Waals surface area contributed by atoms with Crippen molar-refractivity contribution in [3.63, 3.8) is 0 Å². The van der Waals surface area contributed by atoms with E-state index in [1.807, 2.05) is 55.5 Å². The number of carbonyl (C=O) groups is 1. The Hall–Kier alpha value is -2.69. The van der Waals surface area contributed by atoms with Gasteiger partial charge in [-0.15, -0.1) is 0 Å². The van der Waals surface area contributed by atoms with Gasteiger partial charge in [-0.3, -0.25) is 0 Å². The van der Waals surface area contributed by atoms with E-state index >= 15 is 0 Å². The third-order valence-electron chi connectivity index (χ3n) is 3.68. The maximum Gasteiger partial charge on any atom is 0.315 e. The van der Waals surface area contributed by atoms with Crippen molar-refractivity contribution in [2.24, 2.45) is 0 Å². The third kappa shape index (κ3) is 3.74. The molecule has 1 atom stereocenters. The van der Waals surface area contributed by atoms with Crippen LogP contribution in [0.4, 0.5) is 4.79 Å². The first-order valence-corrected chi connectivity index (χ1v) is 7.74. The number of carbonyl (C=O) groups excluding carboxylic acids is 1. The van der Waals surface area contributed by atoms with Crippen LogP contribution in [-0.4, -0.2) is 19.2 Å². The Labute approximate surface area is 135 Å². The molecule has 2 aromatic rings. The number of amides is 2. The van der Waals surface area contributed by atoms with Gasteiger partial charge in [-0.1, -0.05) is 36.4 Å². The Morgan fingerprint density at radius 2 is 1.91 bits per heavy atom. The standard InChI is InChI=1S/C18H20N2O3/c1-2-22-17-10-14(15-11-19-18(21)20-15)8-9-16(17)23-12-13-6-4-3-5-7-13/h3-10,15H,2,11-12H2,1H3,(H2,19,20,21)/t15-/m0/s1. The molecular weight excluding hydrogens is 292 g/mol. The lowest BCUT2D eigenvalue weighted by atomic mass is 10.1. The van der Waals surface area contributed by atoms with Gasteiger partial charge in [0.25, 0.3) is 0 Å². The van der Waals surface area contributed by atoms with Crippen LogP contribution in [0.2, 0.25) is 0 Å². The van der Waals surface area contributed by atoms with Crippen molar-refractivity contribution in [3.8, 4) is 11.5 Å². The summed E-state index contributed by atoms with van der Waals surface area (Å²) in [6, 6.07) is 15.6. The molecule has 2 aromatic carbocycles. The number of ether oxygens (including phenoxy) is 2. The van der Waals surface area contributed by atoms with Gasteiger partial charge in [0, 0.05) is 6.54 Å². The molecule has 23 heavy (non-hydrogen) atoms. The number of hydrogen-bond donors (Lipinski definition) is 2. The summed E-state index contributed by atoms with van der Waals surface area (Å²) < 4.78 is 11.6. The normalized spacial score (nSPS) is 16.6. The zero-order chi connectivity index (χ0) is 16.1. The second-order valence-electron chi connectivity index (χ2n) is 5.32. The Morgan fingerprint density at radius 1 is 1.09 bits per heavy atom. The van der Waals surface area contributed by atoms with Crippen LogP contribution in [0.15, 0.2) is 48.5 Å². The van der Waals surface area contributed by atoms with Gasteiger partial charge in [-0.2, -0.15) is 0 Å². The largest absolute Gasteiger partial charge is 0.490 e. The molecule has 2 amide bonds. The van der Waals surface area contributed by atoms with E-state index in [1.165, 1.54) is 0 Å². The second-order valence-corrected chi connectivity index (χ2v) is 5.32. The van der Waals surface area contributed by atoms with Crippen molar-refractivity contribution in [1.29, 1.82) is 0 Å². The van der Waals surface area contributed by atoms with Gasteiger partial charge in [0.2, 0.25) is 0 Å². The molecule has 5 heteroatoms.